The van der Waals surface area contributed by atoms with E-state index in [4.69, 9.17) is 4.74 Å². The summed E-state index contributed by atoms with van der Waals surface area (Å²) >= 11 is 0. The molecule has 0 spiro atoms. The van der Waals surface area contributed by atoms with Gasteiger partial charge < -0.3 is 19.7 Å². The van der Waals surface area contributed by atoms with Crippen LogP contribution in [0.25, 0.3) is 10.8 Å². The van der Waals surface area contributed by atoms with Crippen LogP contribution in [0.2, 0.25) is 0 Å². The molecule has 23 heavy (non-hydrogen) atoms. The van der Waals surface area contributed by atoms with Gasteiger partial charge in [-0.2, -0.15) is 4.98 Å². The van der Waals surface area contributed by atoms with E-state index in [0.29, 0.717) is 17.0 Å². The second-order valence-electron chi connectivity index (χ2n) is 5.27. The van der Waals surface area contributed by atoms with E-state index in [1.807, 2.05) is 0 Å². The minimum absolute atomic E-state index is 0.248. The van der Waals surface area contributed by atoms with Crippen molar-refractivity contribution in [3.63, 3.8) is 0 Å². The fourth-order valence-corrected chi connectivity index (χ4v) is 2.82. The van der Waals surface area contributed by atoms with E-state index >= 15 is 0 Å². The summed E-state index contributed by atoms with van der Waals surface area (Å²) in [5.74, 6) is 0.577. The third-order valence-electron chi connectivity index (χ3n) is 3.91. The number of rotatable bonds is 2. The molecule has 2 aromatic rings. The van der Waals surface area contributed by atoms with Gasteiger partial charge in [-0.1, -0.05) is 6.58 Å². The molecule has 0 aromatic carbocycles. The number of hydrogen-bond acceptors (Lipinski definition) is 7. The molecule has 8 nitrogen and oxygen atoms in total. The lowest BCUT2D eigenvalue weighted by Gasteiger charge is -2.16. The molecule has 2 aromatic heterocycles. The predicted octanol–water partition coefficient (Wildman–Crippen LogP) is 0.497. The number of aliphatic hydroxyl groups excluding tert-OH is 1. The van der Waals surface area contributed by atoms with E-state index in [-0.39, 0.29) is 16.9 Å². The van der Waals surface area contributed by atoms with Gasteiger partial charge in [-0.05, 0) is 6.07 Å². The molecule has 4 heterocycles. The van der Waals surface area contributed by atoms with Crippen LogP contribution in [0.3, 0.4) is 0 Å². The molecule has 4 rings (SSSR count). The molecule has 1 fully saturated rings. The number of carbonyl (C=O) groups is 1. The van der Waals surface area contributed by atoms with Crippen molar-refractivity contribution >= 4 is 34.5 Å². The molecule has 0 bridgehead atoms. The van der Waals surface area contributed by atoms with E-state index in [1.54, 1.807) is 16.8 Å². The lowest BCUT2D eigenvalue weighted by Crippen LogP contribution is -2.20. The number of anilines is 1. The third-order valence-corrected chi connectivity index (χ3v) is 3.91. The molecule has 1 saturated heterocycles. The fraction of sp³-hybridized carbons (Fsp3) is 0.200. The summed E-state index contributed by atoms with van der Waals surface area (Å²) in [5.41, 5.74) is -0.119. The van der Waals surface area contributed by atoms with Crippen molar-refractivity contribution in [2.24, 2.45) is 4.99 Å². The smallest absolute Gasteiger partial charge is 0.271 e. The van der Waals surface area contributed by atoms with Crippen molar-refractivity contribution in [2.75, 3.05) is 11.9 Å². The van der Waals surface area contributed by atoms with Gasteiger partial charge in [-0.3, -0.25) is 9.59 Å². The Morgan fingerprint density at radius 2 is 2.22 bits per heavy atom. The van der Waals surface area contributed by atoms with Crippen molar-refractivity contribution < 1.29 is 14.6 Å². The van der Waals surface area contributed by atoms with E-state index in [9.17, 15) is 14.7 Å². The van der Waals surface area contributed by atoms with Gasteiger partial charge in [0.15, 0.2) is 12.0 Å². The van der Waals surface area contributed by atoms with Gasteiger partial charge >= 0.3 is 0 Å². The SMILES string of the molecule is C=C1C(=O)[C@@H](CO)OC1n1cc2ccc(=O)nc3c2c1N=CN3. The second kappa shape index (κ2) is 4.83. The highest BCUT2D eigenvalue weighted by molar-refractivity contribution is 6.07. The van der Waals surface area contributed by atoms with Crippen LogP contribution >= 0.6 is 0 Å². The number of aromatic nitrogens is 2. The van der Waals surface area contributed by atoms with Crippen LogP contribution in [0.15, 0.2) is 40.3 Å². The second-order valence-corrected chi connectivity index (χ2v) is 5.27. The van der Waals surface area contributed by atoms with Gasteiger partial charge in [-0.15, -0.1) is 0 Å². The standard InChI is InChI=1S/C15H12N4O4/c1-7-12(22)9(5-20)23-15(7)19-4-8-2-3-10(21)18-13-11(8)14(19)17-6-16-13/h2-4,6,9,15,20H,1,5H2,(H,16,17,18,21)/t9-,15?/m1/s1. The number of ketones is 1. The van der Waals surface area contributed by atoms with Gasteiger partial charge in [0, 0.05) is 23.2 Å². The fourth-order valence-electron chi connectivity index (χ4n) is 2.82. The number of aliphatic hydroxyl groups is 1. The molecule has 1 unspecified atom stereocenters. The maximum Gasteiger partial charge on any atom is 0.271 e. The summed E-state index contributed by atoms with van der Waals surface area (Å²) in [7, 11) is 0. The van der Waals surface area contributed by atoms with Gasteiger partial charge in [0.05, 0.1) is 18.3 Å². The normalized spacial score (nSPS) is 22.7. The zero-order valence-electron chi connectivity index (χ0n) is 11.9. The first-order valence-electron chi connectivity index (χ1n) is 6.94. The van der Waals surface area contributed by atoms with E-state index in [0.717, 1.165) is 5.39 Å². The van der Waals surface area contributed by atoms with Crippen molar-refractivity contribution in [1.29, 1.82) is 0 Å². The monoisotopic (exact) mass is 312 g/mol. The minimum Gasteiger partial charge on any atom is -0.393 e. The first-order valence-corrected chi connectivity index (χ1v) is 6.94. The Morgan fingerprint density at radius 1 is 1.39 bits per heavy atom. The molecule has 2 aliphatic rings. The minimum atomic E-state index is -0.919. The summed E-state index contributed by atoms with van der Waals surface area (Å²) in [6, 6.07) is 3.00. The molecular weight excluding hydrogens is 300 g/mol. The predicted molar refractivity (Wildman–Crippen MR) is 82.9 cm³/mol. The molecule has 2 atom stereocenters. The van der Waals surface area contributed by atoms with E-state index in [1.165, 1.54) is 12.4 Å². The van der Waals surface area contributed by atoms with Crippen LogP contribution in [0.5, 0.6) is 0 Å². The van der Waals surface area contributed by atoms with Gasteiger partial charge in [-0.25, -0.2) is 4.99 Å². The molecule has 2 aliphatic heterocycles. The number of Topliss-reactive ketones (excluding diaryl/α,β-unsaturated/α-hetero) is 1. The van der Waals surface area contributed by atoms with Crippen LogP contribution in [0, 0.1) is 0 Å². The Hall–Kier alpha value is -2.84. The third kappa shape index (κ3) is 1.92. The van der Waals surface area contributed by atoms with Gasteiger partial charge in [0.1, 0.15) is 17.7 Å². The molecule has 116 valence electrons. The first kappa shape index (κ1) is 13.8. The van der Waals surface area contributed by atoms with E-state index < -0.39 is 18.9 Å². The zero-order valence-corrected chi connectivity index (χ0v) is 11.9. The summed E-state index contributed by atoms with van der Waals surface area (Å²) in [5, 5.41) is 13.5. The average molecular weight is 312 g/mol. The molecular formula is C15H12N4O4. The van der Waals surface area contributed by atoms with E-state index in [2.05, 4.69) is 21.9 Å². The lowest BCUT2D eigenvalue weighted by molar-refractivity contribution is -0.123. The Bertz CT molecular complexity index is 946. The first-order chi connectivity index (χ1) is 11.1. The zero-order chi connectivity index (χ0) is 16.1. The van der Waals surface area contributed by atoms with Crippen LogP contribution in [-0.4, -0.2) is 39.5 Å². The molecule has 0 amide bonds. The highest BCUT2D eigenvalue weighted by Crippen LogP contribution is 2.40. The summed E-state index contributed by atoms with van der Waals surface area (Å²) in [4.78, 5) is 31.8. The number of carbonyl (C=O) groups excluding carboxylic acids is 1. The van der Waals surface area contributed by atoms with Crippen LogP contribution < -0.4 is 10.9 Å². The van der Waals surface area contributed by atoms with Crippen LogP contribution in [0.4, 0.5) is 11.6 Å². The average Bonchev–Trinajstić information content (AvgIpc) is 2.99. The van der Waals surface area contributed by atoms with Gasteiger partial charge in [0.25, 0.3) is 5.56 Å². The van der Waals surface area contributed by atoms with Crippen molar-refractivity contribution in [1.82, 2.24) is 9.55 Å². The molecule has 2 N–H and O–H groups in total. The van der Waals surface area contributed by atoms with Crippen molar-refractivity contribution in [2.45, 2.75) is 12.3 Å². The van der Waals surface area contributed by atoms with Crippen molar-refractivity contribution in [3.05, 3.63) is 40.8 Å². The summed E-state index contributed by atoms with van der Waals surface area (Å²) in [6.07, 6.45) is 1.48. The molecule has 0 saturated carbocycles. The molecule has 0 aliphatic carbocycles. The topological polar surface area (TPSA) is 106 Å². The number of nitrogens with one attached hydrogen (secondary N) is 1. The molecule has 8 heteroatoms. The molecule has 0 radical (unpaired) electrons. The number of ether oxygens (including phenoxy) is 1. The quantitative estimate of drug-likeness (QED) is 0.782. The lowest BCUT2D eigenvalue weighted by atomic mass is 10.1. The largest absolute Gasteiger partial charge is 0.393 e. The Labute approximate surface area is 129 Å². The maximum absolute atomic E-state index is 12.0. The number of aliphatic imine (C=N–C) groups is 1. The Morgan fingerprint density at radius 3 is 2.96 bits per heavy atom. The van der Waals surface area contributed by atoms with Gasteiger partial charge in [0.2, 0.25) is 0 Å². The summed E-state index contributed by atoms with van der Waals surface area (Å²) in [6.45, 7) is 3.36. The number of nitrogens with zero attached hydrogens (tertiary/aromatic N) is 3. The highest BCUT2D eigenvalue weighted by atomic mass is 16.5. The number of hydrogen-bond donors (Lipinski definition) is 2. The summed E-state index contributed by atoms with van der Waals surface area (Å²) < 4.78 is 7.25. The van der Waals surface area contributed by atoms with Crippen LogP contribution in [-0.2, 0) is 9.53 Å². The van der Waals surface area contributed by atoms with Crippen molar-refractivity contribution in [3.8, 4) is 0 Å². The Balaban J connectivity index is 1.94. The Kier molecular flexibility index (Phi) is 2.90. The maximum atomic E-state index is 12.0. The highest BCUT2D eigenvalue weighted by Gasteiger charge is 2.39. The van der Waals surface area contributed by atoms with Crippen LogP contribution in [0.1, 0.15) is 6.23 Å².